The molecule has 0 saturated heterocycles. The molecule has 0 rings (SSSR count). The first-order valence-electron chi connectivity index (χ1n) is 9.91. The molecule has 5 nitrogen and oxygen atoms in total. The third-order valence-corrected chi connectivity index (χ3v) is 9.59. The Labute approximate surface area is 173 Å². The standard InChI is InChI=1S/C22H41NO4Si/c1-13-18(15-26-28(11,12)22(8,9)10)23(20(25)27-21(5,6)7)14-19(24)17(4)16(2)3/h13,16,18H,1,4,14-15H2,2-3,5-12H3. The summed E-state index contributed by atoms with van der Waals surface area (Å²) in [6.45, 7) is 27.9. The van der Waals surface area contributed by atoms with E-state index in [1.807, 2.05) is 13.8 Å². The topological polar surface area (TPSA) is 55.8 Å². The van der Waals surface area contributed by atoms with Gasteiger partial charge in [-0.2, -0.15) is 0 Å². The predicted octanol–water partition coefficient (Wildman–Crippen LogP) is 5.58. The summed E-state index contributed by atoms with van der Waals surface area (Å²) in [6, 6.07) is -0.465. The highest BCUT2D eigenvalue weighted by Gasteiger charge is 2.38. The highest BCUT2D eigenvalue weighted by molar-refractivity contribution is 6.74. The second kappa shape index (κ2) is 9.88. The summed E-state index contributed by atoms with van der Waals surface area (Å²) in [5.41, 5.74) is -0.180. The molecule has 0 aliphatic rings. The van der Waals surface area contributed by atoms with Gasteiger partial charge >= 0.3 is 6.09 Å². The molecule has 28 heavy (non-hydrogen) atoms. The van der Waals surface area contributed by atoms with E-state index in [0.29, 0.717) is 5.57 Å². The summed E-state index contributed by atoms with van der Waals surface area (Å²) in [7, 11) is -2.02. The average molecular weight is 412 g/mol. The summed E-state index contributed by atoms with van der Waals surface area (Å²) in [5.74, 6) is -0.168. The van der Waals surface area contributed by atoms with Gasteiger partial charge in [-0.15, -0.1) is 6.58 Å². The van der Waals surface area contributed by atoms with Crippen molar-refractivity contribution in [2.45, 2.75) is 85.2 Å². The zero-order valence-electron chi connectivity index (χ0n) is 19.6. The number of nitrogens with zero attached hydrogens (tertiary/aromatic N) is 1. The minimum atomic E-state index is -2.02. The molecule has 0 N–H and O–H groups in total. The zero-order chi connectivity index (χ0) is 22.5. The molecule has 162 valence electrons. The van der Waals surface area contributed by atoms with Crippen molar-refractivity contribution < 1.29 is 18.8 Å². The van der Waals surface area contributed by atoms with Crippen LogP contribution in [0.3, 0.4) is 0 Å². The van der Waals surface area contributed by atoms with E-state index in [1.165, 1.54) is 4.90 Å². The number of carbonyl (C=O) groups is 2. The van der Waals surface area contributed by atoms with Crippen molar-refractivity contribution in [3.05, 3.63) is 24.8 Å². The van der Waals surface area contributed by atoms with Crippen LogP contribution in [0.5, 0.6) is 0 Å². The summed E-state index contributed by atoms with van der Waals surface area (Å²) in [6.07, 6.45) is 1.09. The molecule has 0 aromatic rings. The minimum absolute atomic E-state index is 0.0126. The van der Waals surface area contributed by atoms with Crippen LogP contribution in [-0.4, -0.2) is 49.9 Å². The molecule has 1 atom stereocenters. The maximum atomic E-state index is 12.8. The summed E-state index contributed by atoms with van der Waals surface area (Å²) in [5, 5.41) is 0.0389. The Morgan fingerprint density at radius 2 is 1.61 bits per heavy atom. The second-order valence-electron chi connectivity index (χ2n) is 10.1. The van der Waals surface area contributed by atoms with Crippen LogP contribution in [0.2, 0.25) is 18.1 Å². The molecule has 1 unspecified atom stereocenters. The van der Waals surface area contributed by atoms with Gasteiger partial charge in [-0.05, 0) is 50.4 Å². The van der Waals surface area contributed by atoms with Gasteiger partial charge in [-0.3, -0.25) is 9.69 Å². The number of carbonyl (C=O) groups excluding carboxylic acids is 2. The lowest BCUT2D eigenvalue weighted by atomic mass is 10.0. The molecule has 0 fully saturated rings. The van der Waals surface area contributed by atoms with Gasteiger partial charge in [-0.1, -0.05) is 47.3 Å². The van der Waals surface area contributed by atoms with E-state index >= 15 is 0 Å². The number of rotatable bonds is 9. The Bertz CT molecular complexity index is 582. The monoisotopic (exact) mass is 411 g/mol. The quantitative estimate of drug-likeness (QED) is 0.282. The lowest BCUT2D eigenvalue weighted by molar-refractivity contribution is -0.117. The first kappa shape index (κ1) is 26.6. The normalized spacial score (nSPS) is 13.8. The van der Waals surface area contributed by atoms with Crippen LogP contribution in [0.4, 0.5) is 4.79 Å². The fraction of sp³-hybridized carbons (Fsp3) is 0.727. The molecule has 0 saturated carbocycles. The van der Waals surface area contributed by atoms with Gasteiger partial charge in [0.25, 0.3) is 0 Å². The minimum Gasteiger partial charge on any atom is -0.444 e. The number of hydrogen-bond acceptors (Lipinski definition) is 4. The zero-order valence-corrected chi connectivity index (χ0v) is 20.6. The van der Waals surface area contributed by atoms with Gasteiger partial charge in [0.1, 0.15) is 5.60 Å². The van der Waals surface area contributed by atoms with Crippen LogP contribution in [0.15, 0.2) is 24.8 Å². The van der Waals surface area contributed by atoms with Gasteiger partial charge in [0.15, 0.2) is 14.1 Å². The van der Waals surface area contributed by atoms with Crippen molar-refractivity contribution in [1.82, 2.24) is 4.90 Å². The van der Waals surface area contributed by atoms with Gasteiger partial charge in [0, 0.05) is 0 Å². The van der Waals surface area contributed by atoms with Gasteiger partial charge < -0.3 is 9.16 Å². The predicted molar refractivity (Wildman–Crippen MR) is 119 cm³/mol. The van der Waals surface area contributed by atoms with Crippen molar-refractivity contribution >= 4 is 20.2 Å². The van der Waals surface area contributed by atoms with E-state index in [-0.39, 0.29) is 29.9 Å². The molecular formula is C22H41NO4Si. The average Bonchev–Trinajstić information content (AvgIpc) is 2.50. The van der Waals surface area contributed by atoms with Gasteiger partial charge in [0.2, 0.25) is 0 Å². The Morgan fingerprint density at radius 3 is 1.96 bits per heavy atom. The van der Waals surface area contributed by atoms with Crippen LogP contribution < -0.4 is 0 Å². The Morgan fingerprint density at radius 1 is 1.11 bits per heavy atom. The molecule has 0 aliphatic carbocycles. The third-order valence-electron chi connectivity index (χ3n) is 5.09. The van der Waals surface area contributed by atoms with Crippen molar-refractivity contribution in [2.24, 2.45) is 5.92 Å². The lowest BCUT2D eigenvalue weighted by Crippen LogP contribution is -2.50. The SMILES string of the molecule is C=CC(CO[Si](C)(C)C(C)(C)C)N(CC(=O)C(=C)C(C)C)C(=O)OC(C)(C)C. The van der Waals surface area contributed by atoms with E-state index in [1.54, 1.807) is 26.8 Å². The number of amides is 1. The number of ether oxygens (including phenoxy) is 1. The Hall–Kier alpha value is -1.40. The molecule has 6 heteroatoms. The first-order chi connectivity index (χ1) is 12.4. The summed E-state index contributed by atoms with van der Waals surface area (Å²) in [4.78, 5) is 26.9. The van der Waals surface area contributed by atoms with Crippen molar-refractivity contribution in [1.29, 1.82) is 0 Å². The highest BCUT2D eigenvalue weighted by Crippen LogP contribution is 2.36. The van der Waals surface area contributed by atoms with E-state index in [4.69, 9.17) is 9.16 Å². The highest BCUT2D eigenvalue weighted by atomic mass is 28.4. The molecule has 0 aliphatic heterocycles. The van der Waals surface area contributed by atoms with Crippen molar-refractivity contribution in [3.8, 4) is 0 Å². The van der Waals surface area contributed by atoms with Gasteiger partial charge in [0.05, 0.1) is 19.2 Å². The number of Topliss-reactive ketones (excluding diaryl/α,β-unsaturated/α-hetero) is 1. The summed E-state index contributed by atoms with van der Waals surface area (Å²) >= 11 is 0. The molecule has 0 radical (unpaired) electrons. The molecular weight excluding hydrogens is 370 g/mol. The fourth-order valence-corrected chi connectivity index (χ4v) is 3.03. The molecule has 0 aromatic carbocycles. The molecule has 1 amide bonds. The van der Waals surface area contributed by atoms with Crippen LogP contribution in [-0.2, 0) is 14.0 Å². The van der Waals surface area contributed by atoms with E-state index in [9.17, 15) is 9.59 Å². The number of hydrogen-bond donors (Lipinski definition) is 0. The third kappa shape index (κ3) is 8.31. The van der Waals surface area contributed by atoms with Crippen LogP contribution in [0.25, 0.3) is 0 Å². The second-order valence-corrected chi connectivity index (χ2v) is 14.9. The smallest absolute Gasteiger partial charge is 0.411 e. The van der Waals surface area contributed by atoms with E-state index < -0.39 is 26.1 Å². The Kier molecular flexibility index (Phi) is 9.38. The molecule has 0 spiro atoms. The number of ketones is 1. The van der Waals surface area contributed by atoms with E-state index in [0.717, 1.165) is 0 Å². The molecule has 0 heterocycles. The Balaban J connectivity index is 5.60. The molecule has 0 aromatic heterocycles. The van der Waals surface area contributed by atoms with Gasteiger partial charge in [-0.25, -0.2) is 4.79 Å². The lowest BCUT2D eigenvalue weighted by Gasteiger charge is -2.39. The van der Waals surface area contributed by atoms with Crippen LogP contribution in [0, 0.1) is 5.92 Å². The van der Waals surface area contributed by atoms with Crippen LogP contribution >= 0.6 is 0 Å². The largest absolute Gasteiger partial charge is 0.444 e. The maximum Gasteiger partial charge on any atom is 0.411 e. The van der Waals surface area contributed by atoms with Crippen molar-refractivity contribution in [3.63, 3.8) is 0 Å². The van der Waals surface area contributed by atoms with Crippen molar-refractivity contribution in [2.75, 3.05) is 13.2 Å². The van der Waals surface area contributed by atoms with E-state index in [2.05, 4.69) is 47.0 Å². The van der Waals surface area contributed by atoms with Crippen LogP contribution in [0.1, 0.15) is 55.4 Å². The maximum absolute atomic E-state index is 12.8. The first-order valence-corrected chi connectivity index (χ1v) is 12.8. The summed E-state index contributed by atoms with van der Waals surface area (Å²) < 4.78 is 11.8. The fourth-order valence-electron chi connectivity index (χ4n) is 2.01. The molecule has 0 bridgehead atoms.